The van der Waals surface area contributed by atoms with E-state index in [1.54, 1.807) is 0 Å². The SMILES string of the molecule is O=C(NC1(C(=O)O)CCC1)[C@H]1CCCNC1. The average molecular weight is 226 g/mol. The van der Waals surface area contributed by atoms with Crippen LogP contribution in [0, 0.1) is 5.92 Å². The Hall–Kier alpha value is -1.10. The normalized spacial score (nSPS) is 27.9. The van der Waals surface area contributed by atoms with Gasteiger partial charge in [0.05, 0.1) is 5.92 Å². The molecule has 1 aliphatic heterocycles. The predicted molar refractivity (Wildman–Crippen MR) is 58.0 cm³/mol. The summed E-state index contributed by atoms with van der Waals surface area (Å²) in [6.07, 6.45) is 3.85. The number of carboxylic acid groups (broad SMARTS) is 1. The van der Waals surface area contributed by atoms with Crippen molar-refractivity contribution in [1.82, 2.24) is 10.6 Å². The molecule has 2 aliphatic rings. The summed E-state index contributed by atoms with van der Waals surface area (Å²) < 4.78 is 0. The summed E-state index contributed by atoms with van der Waals surface area (Å²) >= 11 is 0. The van der Waals surface area contributed by atoms with Crippen molar-refractivity contribution in [1.29, 1.82) is 0 Å². The van der Waals surface area contributed by atoms with E-state index in [0.29, 0.717) is 19.4 Å². The molecule has 1 saturated carbocycles. The Labute approximate surface area is 94.6 Å². The van der Waals surface area contributed by atoms with Crippen LogP contribution in [0.25, 0.3) is 0 Å². The largest absolute Gasteiger partial charge is 0.480 e. The van der Waals surface area contributed by atoms with Gasteiger partial charge in [0.1, 0.15) is 5.54 Å². The second-order valence-electron chi connectivity index (χ2n) is 4.77. The summed E-state index contributed by atoms with van der Waals surface area (Å²) in [4.78, 5) is 23.0. The maximum atomic E-state index is 11.9. The molecule has 0 radical (unpaired) electrons. The number of rotatable bonds is 3. The quantitative estimate of drug-likeness (QED) is 0.638. The first-order valence-corrected chi connectivity index (χ1v) is 5.90. The zero-order chi connectivity index (χ0) is 11.6. The van der Waals surface area contributed by atoms with E-state index in [4.69, 9.17) is 5.11 Å². The molecule has 1 saturated heterocycles. The first-order valence-electron chi connectivity index (χ1n) is 5.90. The molecule has 1 atom stereocenters. The van der Waals surface area contributed by atoms with Crippen molar-refractivity contribution in [3.63, 3.8) is 0 Å². The van der Waals surface area contributed by atoms with Gasteiger partial charge in [-0.15, -0.1) is 0 Å². The summed E-state index contributed by atoms with van der Waals surface area (Å²) in [7, 11) is 0. The standard InChI is InChI=1S/C11H18N2O3/c14-9(8-3-1-6-12-7-8)13-11(10(15)16)4-2-5-11/h8,12H,1-7H2,(H,13,14)(H,15,16)/t8-/m0/s1. The van der Waals surface area contributed by atoms with Gasteiger partial charge in [-0.3, -0.25) is 4.79 Å². The molecule has 90 valence electrons. The van der Waals surface area contributed by atoms with Gasteiger partial charge in [-0.2, -0.15) is 0 Å². The van der Waals surface area contributed by atoms with Crippen molar-refractivity contribution in [3.8, 4) is 0 Å². The first-order chi connectivity index (χ1) is 7.64. The number of piperidine rings is 1. The van der Waals surface area contributed by atoms with E-state index >= 15 is 0 Å². The van der Waals surface area contributed by atoms with Gasteiger partial charge >= 0.3 is 5.97 Å². The molecule has 1 amide bonds. The van der Waals surface area contributed by atoms with E-state index in [1.165, 1.54) is 0 Å². The number of nitrogens with one attached hydrogen (secondary N) is 2. The number of aliphatic carboxylic acids is 1. The molecule has 0 spiro atoms. The summed E-state index contributed by atoms with van der Waals surface area (Å²) in [5.41, 5.74) is -0.964. The minimum absolute atomic E-state index is 0.0643. The molecular weight excluding hydrogens is 208 g/mol. The van der Waals surface area contributed by atoms with Gasteiger partial charge in [-0.25, -0.2) is 4.79 Å². The van der Waals surface area contributed by atoms with Crippen LogP contribution >= 0.6 is 0 Å². The molecule has 1 aliphatic carbocycles. The smallest absolute Gasteiger partial charge is 0.329 e. The van der Waals surface area contributed by atoms with Crippen molar-refractivity contribution in [2.75, 3.05) is 13.1 Å². The molecule has 3 N–H and O–H groups in total. The van der Waals surface area contributed by atoms with Crippen molar-refractivity contribution in [2.24, 2.45) is 5.92 Å². The van der Waals surface area contributed by atoms with E-state index in [1.807, 2.05) is 0 Å². The van der Waals surface area contributed by atoms with E-state index in [-0.39, 0.29) is 11.8 Å². The van der Waals surface area contributed by atoms with Crippen LogP contribution in [-0.2, 0) is 9.59 Å². The molecule has 0 unspecified atom stereocenters. The fourth-order valence-corrected chi connectivity index (χ4v) is 2.34. The van der Waals surface area contributed by atoms with Crippen molar-refractivity contribution in [3.05, 3.63) is 0 Å². The van der Waals surface area contributed by atoms with Gasteiger partial charge < -0.3 is 15.7 Å². The summed E-state index contributed by atoms with van der Waals surface area (Å²) in [5, 5.41) is 15.0. The molecule has 0 aromatic rings. The van der Waals surface area contributed by atoms with Crippen molar-refractivity contribution in [2.45, 2.75) is 37.6 Å². The van der Waals surface area contributed by atoms with Crippen LogP contribution in [0.2, 0.25) is 0 Å². The van der Waals surface area contributed by atoms with Crippen LogP contribution in [0.5, 0.6) is 0 Å². The lowest BCUT2D eigenvalue weighted by Crippen LogP contribution is -2.61. The van der Waals surface area contributed by atoms with Crippen LogP contribution in [0.3, 0.4) is 0 Å². The Morgan fingerprint density at radius 2 is 2.06 bits per heavy atom. The number of carboxylic acids is 1. The zero-order valence-corrected chi connectivity index (χ0v) is 9.29. The topological polar surface area (TPSA) is 78.4 Å². The van der Waals surface area contributed by atoms with Crippen molar-refractivity contribution >= 4 is 11.9 Å². The van der Waals surface area contributed by atoms with E-state index in [9.17, 15) is 9.59 Å². The molecular formula is C11H18N2O3. The molecule has 5 nitrogen and oxygen atoms in total. The number of carbonyl (C=O) groups excluding carboxylic acids is 1. The number of hydrogen-bond acceptors (Lipinski definition) is 3. The monoisotopic (exact) mass is 226 g/mol. The summed E-state index contributed by atoms with van der Waals surface area (Å²) in [6.45, 7) is 1.62. The highest BCUT2D eigenvalue weighted by Crippen LogP contribution is 2.32. The van der Waals surface area contributed by atoms with Crippen LogP contribution < -0.4 is 10.6 Å². The van der Waals surface area contributed by atoms with Gasteiger partial charge in [0.2, 0.25) is 5.91 Å². The Morgan fingerprint density at radius 3 is 2.50 bits per heavy atom. The summed E-state index contributed by atoms with van der Waals surface area (Å²) in [6, 6.07) is 0. The van der Waals surface area contributed by atoms with E-state index < -0.39 is 11.5 Å². The lowest BCUT2D eigenvalue weighted by Gasteiger charge is -2.39. The molecule has 2 rings (SSSR count). The Balaban J connectivity index is 1.92. The second kappa shape index (κ2) is 4.41. The van der Waals surface area contributed by atoms with Crippen molar-refractivity contribution < 1.29 is 14.7 Å². The lowest BCUT2D eigenvalue weighted by atomic mass is 9.76. The predicted octanol–water partition coefficient (Wildman–Crippen LogP) is 0.109. The zero-order valence-electron chi connectivity index (χ0n) is 9.29. The molecule has 16 heavy (non-hydrogen) atoms. The molecule has 0 bridgehead atoms. The Kier molecular flexibility index (Phi) is 3.14. The first kappa shape index (κ1) is 11.4. The fourth-order valence-electron chi connectivity index (χ4n) is 2.34. The van der Waals surface area contributed by atoms with Gasteiger partial charge in [0.15, 0.2) is 0 Å². The van der Waals surface area contributed by atoms with Gasteiger partial charge in [-0.1, -0.05) is 0 Å². The van der Waals surface area contributed by atoms with Crippen LogP contribution in [0.1, 0.15) is 32.1 Å². The second-order valence-corrected chi connectivity index (χ2v) is 4.77. The fraction of sp³-hybridized carbons (Fsp3) is 0.818. The van der Waals surface area contributed by atoms with Crippen LogP contribution in [0.4, 0.5) is 0 Å². The number of amides is 1. The van der Waals surface area contributed by atoms with E-state index in [2.05, 4.69) is 10.6 Å². The van der Waals surface area contributed by atoms with E-state index in [0.717, 1.165) is 25.8 Å². The molecule has 2 fully saturated rings. The molecule has 1 heterocycles. The third-order valence-electron chi connectivity index (χ3n) is 3.65. The number of carbonyl (C=O) groups is 2. The molecule has 5 heteroatoms. The van der Waals surface area contributed by atoms with Crippen LogP contribution in [-0.4, -0.2) is 35.6 Å². The van der Waals surface area contributed by atoms with Gasteiger partial charge in [-0.05, 0) is 38.6 Å². The third-order valence-corrected chi connectivity index (χ3v) is 3.65. The molecule has 0 aromatic carbocycles. The third kappa shape index (κ3) is 2.04. The maximum Gasteiger partial charge on any atom is 0.329 e. The van der Waals surface area contributed by atoms with Gasteiger partial charge in [0.25, 0.3) is 0 Å². The number of hydrogen-bond donors (Lipinski definition) is 3. The van der Waals surface area contributed by atoms with Gasteiger partial charge in [0, 0.05) is 6.54 Å². The van der Waals surface area contributed by atoms with Crippen LogP contribution in [0.15, 0.2) is 0 Å². The minimum Gasteiger partial charge on any atom is -0.480 e. The highest BCUT2D eigenvalue weighted by Gasteiger charge is 2.46. The maximum absolute atomic E-state index is 11.9. The highest BCUT2D eigenvalue weighted by atomic mass is 16.4. The Morgan fingerprint density at radius 1 is 1.31 bits per heavy atom. The minimum atomic E-state index is -0.964. The lowest BCUT2D eigenvalue weighted by molar-refractivity contribution is -0.152. The Bertz CT molecular complexity index is 294. The molecule has 0 aromatic heterocycles. The average Bonchev–Trinajstić information content (AvgIpc) is 2.24. The summed E-state index contributed by atoms with van der Waals surface area (Å²) in [5.74, 6) is -1.06. The highest BCUT2D eigenvalue weighted by molar-refractivity contribution is 5.89.